The molecule has 0 aliphatic heterocycles. The smallest absolute Gasteiger partial charge is 0.0594 e. The van der Waals surface area contributed by atoms with Gasteiger partial charge in [-0.15, -0.1) is 0 Å². The summed E-state index contributed by atoms with van der Waals surface area (Å²) in [6.07, 6.45) is 3.53. The zero-order chi connectivity index (χ0) is 27.1. The third-order valence-electron chi connectivity index (χ3n) is 3.63. The maximum Gasteiger partial charge on any atom is 0.0594 e. The van der Waals surface area contributed by atoms with Crippen LogP contribution in [0, 0.1) is 23.7 Å². The van der Waals surface area contributed by atoms with E-state index in [1.54, 1.807) is 0 Å². The Balaban J connectivity index is -0.000000105. The van der Waals surface area contributed by atoms with Crippen LogP contribution >= 0.6 is 0 Å². The summed E-state index contributed by atoms with van der Waals surface area (Å²) in [6.45, 7) is 31.6. The van der Waals surface area contributed by atoms with Gasteiger partial charge in [0.05, 0.1) is 22.4 Å². The van der Waals surface area contributed by atoms with E-state index in [0.29, 0.717) is 23.7 Å². The zero-order valence-electron chi connectivity index (χ0n) is 25.4. The minimum absolute atomic E-state index is 0. The first-order valence-electron chi connectivity index (χ1n) is 12.6. The zero-order valence-corrected chi connectivity index (χ0v) is 27.0. The second-order valence-corrected chi connectivity index (χ2v) is 13.6. The van der Waals surface area contributed by atoms with Gasteiger partial charge in [0.15, 0.2) is 0 Å². The van der Waals surface area contributed by atoms with E-state index in [-0.39, 0.29) is 21.7 Å². The van der Waals surface area contributed by atoms with E-state index in [4.69, 9.17) is 0 Å². The monoisotopic (exact) mass is 512 g/mol. The van der Waals surface area contributed by atoms with Crippen LogP contribution in [0.2, 0.25) is 0 Å². The summed E-state index contributed by atoms with van der Waals surface area (Å²) in [5, 5.41) is 36.8. The molecule has 0 aromatic carbocycles. The fourth-order valence-corrected chi connectivity index (χ4v) is 4.00. The normalized spacial score (nSPS) is 12.4. The van der Waals surface area contributed by atoms with Crippen LogP contribution in [0.4, 0.5) is 0 Å². The molecule has 0 aliphatic rings. The summed E-state index contributed by atoms with van der Waals surface area (Å²) < 4.78 is 0. The van der Waals surface area contributed by atoms with Crippen LogP contribution in [0.25, 0.3) is 0 Å². The molecule has 0 heterocycles. The van der Waals surface area contributed by atoms with Gasteiger partial charge in [-0.3, -0.25) is 0 Å². The van der Waals surface area contributed by atoms with Gasteiger partial charge in [-0.05, 0) is 105 Å². The van der Waals surface area contributed by atoms with E-state index in [1.165, 1.54) is 0 Å². The van der Waals surface area contributed by atoms with Crippen molar-refractivity contribution in [3.8, 4) is 0 Å². The van der Waals surface area contributed by atoms with Gasteiger partial charge in [0.25, 0.3) is 0 Å². The molecule has 0 bridgehead atoms. The molecule has 0 saturated carbocycles. The van der Waals surface area contributed by atoms with Crippen molar-refractivity contribution in [2.45, 2.75) is 159 Å². The third-order valence-corrected chi connectivity index (χ3v) is 3.63. The van der Waals surface area contributed by atoms with Crippen LogP contribution in [0.3, 0.4) is 0 Å². The van der Waals surface area contributed by atoms with Crippen molar-refractivity contribution in [1.29, 1.82) is 0 Å². The maximum absolute atomic E-state index is 9.19. The van der Waals surface area contributed by atoms with Gasteiger partial charge in [0, 0.05) is 21.7 Å². The topological polar surface area (TPSA) is 80.9 Å². The standard InChI is InChI=1S/4C7H16O.Ti/c4*1-6(2)5-7(3,4)8;/h4*6,8H,5H2,1-4H3;. The number of aliphatic hydroxyl groups is 4. The van der Waals surface area contributed by atoms with Crippen LogP contribution in [0.1, 0.15) is 136 Å². The molecule has 0 saturated heterocycles. The van der Waals surface area contributed by atoms with Crippen LogP contribution in [-0.2, 0) is 21.7 Å². The quantitative estimate of drug-likeness (QED) is 0.259. The van der Waals surface area contributed by atoms with Gasteiger partial charge in [-0.25, -0.2) is 0 Å². The molecule has 0 radical (unpaired) electrons. The molecule has 0 rings (SSSR count). The van der Waals surface area contributed by atoms with Gasteiger partial charge in [0.2, 0.25) is 0 Å². The molecule has 0 fully saturated rings. The average Bonchev–Trinajstić information content (AvgIpc) is 2.26. The summed E-state index contributed by atoms with van der Waals surface area (Å²) in [7, 11) is 0. The molecular formula is C28H64O4Ti. The minimum atomic E-state index is -0.478. The van der Waals surface area contributed by atoms with Crippen molar-refractivity contribution in [3.05, 3.63) is 0 Å². The van der Waals surface area contributed by atoms with Crippen molar-refractivity contribution in [2.75, 3.05) is 0 Å². The molecule has 0 aromatic heterocycles. The Labute approximate surface area is 224 Å². The van der Waals surface area contributed by atoms with Crippen molar-refractivity contribution in [1.82, 2.24) is 0 Å². The summed E-state index contributed by atoms with van der Waals surface area (Å²) >= 11 is 0. The molecule has 204 valence electrons. The number of hydrogen-bond donors (Lipinski definition) is 4. The van der Waals surface area contributed by atoms with Gasteiger partial charge in [-0.1, -0.05) is 55.4 Å². The Kier molecular flexibility index (Phi) is 26.0. The van der Waals surface area contributed by atoms with Crippen molar-refractivity contribution in [3.63, 3.8) is 0 Å². The van der Waals surface area contributed by atoms with Gasteiger partial charge >= 0.3 is 0 Å². The Hall–Kier alpha value is 0.554. The predicted octanol–water partition coefficient (Wildman–Crippen LogP) is 7.21. The fourth-order valence-electron chi connectivity index (χ4n) is 4.00. The predicted molar refractivity (Wildman–Crippen MR) is 143 cm³/mol. The largest absolute Gasteiger partial charge is 0.390 e. The van der Waals surface area contributed by atoms with E-state index < -0.39 is 22.4 Å². The molecule has 0 aromatic rings. The first kappa shape index (κ1) is 43.6. The van der Waals surface area contributed by atoms with E-state index >= 15 is 0 Å². The van der Waals surface area contributed by atoms with Crippen molar-refractivity contribution >= 4 is 0 Å². The SMILES string of the molecule is CC(C)CC(C)(C)O.CC(C)CC(C)(C)O.CC(C)CC(C)(C)O.CC(C)CC(C)(C)O.[Ti]. The van der Waals surface area contributed by atoms with Crippen LogP contribution in [-0.4, -0.2) is 42.8 Å². The molecule has 33 heavy (non-hydrogen) atoms. The van der Waals surface area contributed by atoms with Crippen LogP contribution < -0.4 is 0 Å². The fraction of sp³-hybridized carbons (Fsp3) is 1.00. The molecule has 4 N–H and O–H groups in total. The van der Waals surface area contributed by atoms with E-state index in [0.717, 1.165) is 25.7 Å². The molecule has 0 atom stereocenters. The molecular weight excluding hydrogens is 448 g/mol. The second-order valence-electron chi connectivity index (χ2n) is 13.6. The van der Waals surface area contributed by atoms with Gasteiger partial charge in [-0.2, -0.15) is 0 Å². The van der Waals surface area contributed by atoms with Gasteiger partial charge in [0.1, 0.15) is 0 Å². The summed E-state index contributed by atoms with van der Waals surface area (Å²) in [5.41, 5.74) is -1.91. The summed E-state index contributed by atoms with van der Waals surface area (Å²) in [4.78, 5) is 0. The molecule has 0 spiro atoms. The van der Waals surface area contributed by atoms with E-state index in [9.17, 15) is 20.4 Å². The number of rotatable bonds is 8. The van der Waals surface area contributed by atoms with Crippen molar-refractivity contribution < 1.29 is 42.1 Å². The van der Waals surface area contributed by atoms with E-state index in [2.05, 4.69) is 55.4 Å². The van der Waals surface area contributed by atoms with Crippen molar-refractivity contribution in [2.24, 2.45) is 23.7 Å². The first-order valence-corrected chi connectivity index (χ1v) is 12.6. The molecule has 0 aliphatic carbocycles. The third kappa shape index (κ3) is 71.9. The second kappa shape index (κ2) is 19.7. The van der Waals surface area contributed by atoms with Gasteiger partial charge < -0.3 is 20.4 Å². The van der Waals surface area contributed by atoms with Crippen LogP contribution in [0.5, 0.6) is 0 Å². The average molecular weight is 513 g/mol. The first-order chi connectivity index (χ1) is 13.7. The van der Waals surface area contributed by atoms with Crippen LogP contribution in [0.15, 0.2) is 0 Å². The Morgan fingerprint density at radius 3 is 0.455 bits per heavy atom. The minimum Gasteiger partial charge on any atom is -0.390 e. The van der Waals surface area contributed by atoms with E-state index in [1.807, 2.05) is 55.4 Å². The Morgan fingerprint density at radius 2 is 0.455 bits per heavy atom. The number of hydrogen-bond acceptors (Lipinski definition) is 4. The molecule has 4 nitrogen and oxygen atoms in total. The maximum atomic E-state index is 9.19. The molecule has 5 heteroatoms. The Morgan fingerprint density at radius 1 is 0.364 bits per heavy atom. The molecule has 0 amide bonds. The summed E-state index contributed by atoms with van der Waals surface area (Å²) in [6, 6.07) is 0. The molecule has 0 unspecified atom stereocenters. The Bertz CT molecular complexity index is 324. The summed E-state index contributed by atoms with van der Waals surface area (Å²) in [5.74, 6) is 2.37.